The molecule has 0 unspecified atom stereocenters. The molecular weight excluding hydrogens is 360 g/mol. The molecular formula is C22H27F2N3O+2. The smallest absolute Gasteiger partial charge is 0.230 e. The van der Waals surface area contributed by atoms with Gasteiger partial charge in [0.2, 0.25) is 5.91 Å². The van der Waals surface area contributed by atoms with E-state index in [0.29, 0.717) is 12.1 Å². The van der Waals surface area contributed by atoms with E-state index in [1.54, 1.807) is 4.90 Å². The number of hydrogen-bond donors (Lipinski definition) is 3. The summed E-state index contributed by atoms with van der Waals surface area (Å²) in [5, 5.41) is 2.63. The van der Waals surface area contributed by atoms with Crippen LogP contribution >= 0.6 is 0 Å². The van der Waals surface area contributed by atoms with E-state index in [9.17, 15) is 13.6 Å². The van der Waals surface area contributed by atoms with Crippen molar-refractivity contribution >= 4 is 17.7 Å². The van der Waals surface area contributed by atoms with Crippen LogP contribution in [0.3, 0.4) is 0 Å². The molecule has 2 aromatic rings. The van der Waals surface area contributed by atoms with Gasteiger partial charge in [-0.1, -0.05) is 36.4 Å². The number of rotatable bonds is 7. The Morgan fingerprint density at radius 2 is 1.68 bits per heavy atom. The molecule has 1 aliphatic rings. The van der Waals surface area contributed by atoms with E-state index >= 15 is 0 Å². The maximum Gasteiger partial charge on any atom is 0.230 e. The van der Waals surface area contributed by atoms with Crippen LogP contribution in [0.2, 0.25) is 0 Å². The average molecular weight is 387 g/mol. The van der Waals surface area contributed by atoms with E-state index in [0.717, 1.165) is 51.4 Å². The van der Waals surface area contributed by atoms with Gasteiger partial charge >= 0.3 is 0 Å². The van der Waals surface area contributed by atoms with Gasteiger partial charge in [0.25, 0.3) is 0 Å². The van der Waals surface area contributed by atoms with E-state index in [2.05, 4.69) is 29.6 Å². The maximum absolute atomic E-state index is 13.2. The third kappa shape index (κ3) is 6.25. The Labute approximate surface area is 164 Å². The molecule has 4 nitrogen and oxygen atoms in total. The van der Waals surface area contributed by atoms with Gasteiger partial charge in [0, 0.05) is 11.8 Å². The van der Waals surface area contributed by atoms with Crippen LogP contribution in [0.25, 0.3) is 6.08 Å². The second-order valence-electron chi connectivity index (χ2n) is 7.19. The quantitative estimate of drug-likeness (QED) is 0.646. The van der Waals surface area contributed by atoms with E-state index in [1.807, 2.05) is 18.2 Å². The lowest BCUT2D eigenvalue weighted by molar-refractivity contribution is -1.01. The normalized spacial score (nSPS) is 19.6. The highest BCUT2D eigenvalue weighted by Gasteiger charge is 2.22. The summed E-state index contributed by atoms with van der Waals surface area (Å²) in [6.45, 7) is 6.00. The van der Waals surface area contributed by atoms with Gasteiger partial charge in [0.05, 0.1) is 19.5 Å². The Morgan fingerprint density at radius 1 is 0.964 bits per heavy atom. The summed E-state index contributed by atoms with van der Waals surface area (Å²) < 4.78 is 26.1. The van der Waals surface area contributed by atoms with Crippen molar-refractivity contribution < 1.29 is 23.4 Å². The number of halogens is 2. The van der Waals surface area contributed by atoms with Crippen LogP contribution in [-0.2, 0) is 4.79 Å². The maximum atomic E-state index is 13.2. The lowest BCUT2D eigenvalue weighted by Crippen LogP contribution is -3.28. The fourth-order valence-corrected chi connectivity index (χ4v) is 3.42. The minimum atomic E-state index is -0.955. The molecule has 1 amide bonds. The summed E-state index contributed by atoms with van der Waals surface area (Å²) in [5.41, 5.74) is 1.51. The lowest BCUT2D eigenvalue weighted by Gasteiger charge is -2.29. The van der Waals surface area contributed by atoms with Crippen molar-refractivity contribution in [3.63, 3.8) is 0 Å². The standard InChI is InChI=1S/C22H25F2N3O/c23-20-9-8-19(17-21(20)24)25-22(28)10-12-27-15-13-26(14-16-27)11-4-7-18-5-2-1-3-6-18/h1-9,17H,10-16H2,(H,25,28)/p+2. The van der Waals surface area contributed by atoms with Crippen LogP contribution in [0.1, 0.15) is 12.0 Å². The van der Waals surface area contributed by atoms with Crippen molar-refractivity contribution in [1.29, 1.82) is 0 Å². The summed E-state index contributed by atoms with van der Waals surface area (Å²) in [4.78, 5) is 15.0. The first-order chi connectivity index (χ1) is 13.6. The number of carbonyl (C=O) groups excluding carboxylic acids is 1. The Hall–Kier alpha value is -2.57. The molecule has 28 heavy (non-hydrogen) atoms. The Kier molecular flexibility index (Phi) is 7.28. The SMILES string of the molecule is O=C(CC[NH+]1CC[NH+](CC=Cc2ccccc2)CC1)Nc1ccc(F)c(F)c1. The minimum absolute atomic E-state index is 0.168. The molecule has 0 atom stereocenters. The van der Waals surface area contributed by atoms with Crippen LogP contribution in [0.4, 0.5) is 14.5 Å². The predicted molar refractivity (Wildman–Crippen MR) is 106 cm³/mol. The van der Waals surface area contributed by atoms with Crippen molar-refractivity contribution in [2.75, 3.05) is 44.6 Å². The van der Waals surface area contributed by atoms with Crippen molar-refractivity contribution in [3.8, 4) is 0 Å². The zero-order valence-corrected chi connectivity index (χ0v) is 15.9. The summed E-state index contributed by atoms with van der Waals surface area (Å²) in [7, 11) is 0. The third-order valence-corrected chi connectivity index (χ3v) is 5.09. The van der Waals surface area contributed by atoms with Crippen LogP contribution in [0.15, 0.2) is 54.6 Å². The molecule has 0 aromatic heterocycles. The first-order valence-electron chi connectivity index (χ1n) is 9.74. The van der Waals surface area contributed by atoms with Gasteiger partial charge in [-0.15, -0.1) is 0 Å². The van der Waals surface area contributed by atoms with E-state index < -0.39 is 11.6 Å². The number of piperazine rings is 1. The number of carbonyl (C=O) groups is 1. The summed E-state index contributed by atoms with van der Waals surface area (Å²) in [5.74, 6) is -2.04. The van der Waals surface area contributed by atoms with Gasteiger partial charge in [-0.3, -0.25) is 4.79 Å². The number of benzene rings is 2. The largest absolute Gasteiger partial charge is 0.326 e. The molecule has 0 radical (unpaired) electrons. The van der Waals surface area contributed by atoms with E-state index in [-0.39, 0.29) is 5.91 Å². The van der Waals surface area contributed by atoms with Gasteiger partial charge in [-0.25, -0.2) is 8.78 Å². The highest BCUT2D eigenvalue weighted by molar-refractivity contribution is 5.90. The number of amides is 1. The van der Waals surface area contributed by atoms with E-state index in [4.69, 9.17) is 0 Å². The molecule has 1 heterocycles. The average Bonchev–Trinajstić information content (AvgIpc) is 2.71. The first-order valence-corrected chi connectivity index (χ1v) is 9.74. The molecule has 3 rings (SSSR count). The Balaban J connectivity index is 1.34. The molecule has 1 fully saturated rings. The molecule has 1 saturated heterocycles. The van der Waals surface area contributed by atoms with Crippen LogP contribution in [0.5, 0.6) is 0 Å². The highest BCUT2D eigenvalue weighted by Crippen LogP contribution is 2.13. The molecule has 6 heteroatoms. The van der Waals surface area contributed by atoms with Crippen molar-refractivity contribution in [1.82, 2.24) is 0 Å². The fourth-order valence-electron chi connectivity index (χ4n) is 3.42. The van der Waals surface area contributed by atoms with Crippen LogP contribution in [-0.4, -0.2) is 45.2 Å². The molecule has 0 aliphatic carbocycles. The molecule has 148 valence electrons. The first kappa shape index (κ1) is 20.2. The molecule has 1 aliphatic heterocycles. The number of anilines is 1. The summed E-state index contributed by atoms with van der Waals surface area (Å²) >= 11 is 0. The van der Waals surface area contributed by atoms with E-state index in [1.165, 1.54) is 16.5 Å². The molecule has 0 saturated carbocycles. The van der Waals surface area contributed by atoms with Gasteiger partial charge in [0.1, 0.15) is 26.2 Å². The van der Waals surface area contributed by atoms with Crippen molar-refractivity contribution in [2.45, 2.75) is 6.42 Å². The fraction of sp³-hybridized carbons (Fsp3) is 0.318. The molecule has 0 spiro atoms. The number of nitrogens with one attached hydrogen (secondary N) is 3. The Morgan fingerprint density at radius 3 is 2.39 bits per heavy atom. The van der Waals surface area contributed by atoms with Gasteiger partial charge < -0.3 is 15.1 Å². The number of hydrogen-bond acceptors (Lipinski definition) is 1. The van der Waals surface area contributed by atoms with Crippen molar-refractivity contribution in [2.24, 2.45) is 0 Å². The monoisotopic (exact) mass is 387 g/mol. The third-order valence-electron chi connectivity index (χ3n) is 5.09. The summed E-state index contributed by atoms with van der Waals surface area (Å²) in [6.07, 6.45) is 4.76. The second-order valence-corrected chi connectivity index (χ2v) is 7.19. The topological polar surface area (TPSA) is 38.0 Å². The molecule has 2 aromatic carbocycles. The van der Waals surface area contributed by atoms with Gasteiger partial charge in [-0.05, 0) is 23.8 Å². The highest BCUT2D eigenvalue weighted by atomic mass is 19.2. The number of quaternary nitrogens is 2. The molecule has 3 N–H and O–H groups in total. The van der Waals surface area contributed by atoms with Gasteiger partial charge in [0.15, 0.2) is 11.6 Å². The Bertz CT molecular complexity index is 803. The zero-order chi connectivity index (χ0) is 19.8. The predicted octanol–water partition coefficient (Wildman–Crippen LogP) is 0.790. The van der Waals surface area contributed by atoms with Gasteiger partial charge in [-0.2, -0.15) is 0 Å². The lowest BCUT2D eigenvalue weighted by atomic mass is 10.2. The van der Waals surface area contributed by atoms with Crippen LogP contribution < -0.4 is 15.1 Å². The zero-order valence-electron chi connectivity index (χ0n) is 15.9. The molecule has 0 bridgehead atoms. The second kappa shape index (κ2) is 10.1. The summed E-state index contributed by atoms with van der Waals surface area (Å²) in [6, 6.07) is 13.7. The minimum Gasteiger partial charge on any atom is -0.326 e. The van der Waals surface area contributed by atoms with Crippen LogP contribution in [0, 0.1) is 11.6 Å². The van der Waals surface area contributed by atoms with Crippen molar-refractivity contribution in [3.05, 3.63) is 71.8 Å².